The number of rotatable bonds is 2. The molecule has 3 rings (SSSR count). The Morgan fingerprint density at radius 3 is 2.67 bits per heavy atom. The summed E-state index contributed by atoms with van der Waals surface area (Å²) in [7, 11) is 0. The van der Waals surface area contributed by atoms with Crippen molar-refractivity contribution in [2.75, 3.05) is 5.73 Å². The van der Waals surface area contributed by atoms with Crippen LogP contribution in [0.15, 0.2) is 42.5 Å². The lowest BCUT2D eigenvalue weighted by atomic mass is 10.1. The van der Waals surface area contributed by atoms with Gasteiger partial charge in [0, 0.05) is 0 Å². The van der Waals surface area contributed by atoms with E-state index in [1.165, 1.54) is 10.8 Å². The number of nitrogens with two attached hydrogens (primary N) is 1. The Hall–Kier alpha value is -2.36. The fourth-order valence-corrected chi connectivity index (χ4v) is 2.16. The largest absolute Gasteiger partial charge is 0.381 e. The maximum Gasteiger partial charge on any atom is 0.169 e. The highest BCUT2D eigenvalue weighted by Crippen LogP contribution is 2.20. The molecule has 0 radical (unpaired) electrons. The highest BCUT2D eigenvalue weighted by molar-refractivity contribution is 5.84. The third kappa shape index (κ3) is 1.62. The monoisotopic (exact) mass is 238 g/mol. The summed E-state index contributed by atoms with van der Waals surface area (Å²) in [6.07, 6.45) is 0.811. The van der Waals surface area contributed by atoms with E-state index in [1.54, 1.807) is 0 Å². The topological polar surface area (TPSA) is 56.7 Å². The Bertz CT molecular complexity index is 700. The fraction of sp³-hybridized carbons (Fsp3) is 0.143. The van der Waals surface area contributed by atoms with Crippen molar-refractivity contribution in [3.05, 3.63) is 48.2 Å². The van der Waals surface area contributed by atoms with Gasteiger partial charge < -0.3 is 5.73 Å². The van der Waals surface area contributed by atoms with Gasteiger partial charge in [0.1, 0.15) is 0 Å². The molecule has 0 unspecified atom stereocenters. The zero-order valence-electron chi connectivity index (χ0n) is 10.2. The maximum absolute atomic E-state index is 5.81. The second-order valence-electron chi connectivity index (χ2n) is 4.22. The molecule has 0 aliphatic rings. The predicted octanol–water partition coefficient (Wildman–Crippen LogP) is 2.57. The van der Waals surface area contributed by atoms with Crippen molar-refractivity contribution in [2.45, 2.75) is 13.3 Å². The minimum absolute atomic E-state index is 0.505. The molecule has 0 amide bonds. The smallest absolute Gasteiger partial charge is 0.169 e. The summed E-state index contributed by atoms with van der Waals surface area (Å²) < 4.78 is 1.81. The Kier molecular flexibility index (Phi) is 2.48. The van der Waals surface area contributed by atoms with Crippen molar-refractivity contribution in [1.29, 1.82) is 0 Å². The minimum atomic E-state index is 0.505. The SMILES string of the molecule is CCc1c(N)nnn1-c1ccc2ccccc2c1. The Morgan fingerprint density at radius 2 is 1.89 bits per heavy atom. The molecule has 3 aromatic rings. The summed E-state index contributed by atoms with van der Waals surface area (Å²) in [5.74, 6) is 0.505. The van der Waals surface area contributed by atoms with Gasteiger partial charge in [-0.05, 0) is 29.3 Å². The summed E-state index contributed by atoms with van der Waals surface area (Å²) in [6, 6.07) is 14.5. The number of nitrogen functional groups attached to an aromatic ring is 1. The van der Waals surface area contributed by atoms with Crippen LogP contribution in [-0.2, 0) is 6.42 Å². The van der Waals surface area contributed by atoms with Crippen molar-refractivity contribution in [2.24, 2.45) is 0 Å². The van der Waals surface area contributed by atoms with Gasteiger partial charge in [0.05, 0.1) is 11.4 Å². The van der Waals surface area contributed by atoms with E-state index in [9.17, 15) is 0 Å². The number of nitrogens with zero attached hydrogens (tertiary/aromatic N) is 3. The third-order valence-electron chi connectivity index (χ3n) is 3.11. The van der Waals surface area contributed by atoms with Crippen molar-refractivity contribution in [3.8, 4) is 5.69 Å². The van der Waals surface area contributed by atoms with E-state index < -0.39 is 0 Å². The first-order valence-electron chi connectivity index (χ1n) is 5.99. The second-order valence-corrected chi connectivity index (χ2v) is 4.22. The first-order valence-corrected chi connectivity index (χ1v) is 5.99. The van der Waals surface area contributed by atoms with Gasteiger partial charge in [-0.3, -0.25) is 0 Å². The zero-order valence-corrected chi connectivity index (χ0v) is 10.2. The van der Waals surface area contributed by atoms with E-state index in [1.807, 2.05) is 29.8 Å². The van der Waals surface area contributed by atoms with E-state index in [0.29, 0.717) is 5.82 Å². The first kappa shape index (κ1) is 10.8. The fourth-order valence-electron chi connectivity index (χ4n) is 2.16. The Labute approximate surface area is 105 Å². The van der Waals surface area contributed by atoms with Crippen LogP contribution in [-0.4, -0.2) is 15.0 Å². The lowest BCUT2D eigenvalue weighted by molar-refractivity contribution is 0.768. The average molecular weight is 238 g/mol. The average Bonchev–Trinajstić information content (AvgIpc) is 2.79. The van der Waals surface area contributed by atoms with Gasteiger partial charge in [0.2, 0.25) is 0 Å². The van der Waals surface area contributed by atoms with Crippen LogP contribution in [0.4, 0.5) is 5.82 Å². The molecule has 4 heteroatoms. The Morgan fingerprint density at radius 1 is 1.11 bits per heavy atom. The number of aromatic nitrogens is 3. The standard InChI is InChI=1S/C14H14N4/c1-2-13-14(15)16-17-18(13)12-8-7-10-5-3-4-6-11(10)9-12/h3-9H,2,15H2,1H3. The van der Waals surface area contributed by atoms with Gasteiger partial charge in [-0.1, -0.05) is 42.5 Å². The van der Waals surface area contributed by atoms with Crippen LogP contribution in [0.2, 0.25) is 0 Å². The number of anilines is 1. The van der Waals surface area contributed by atoms with Crippen molar-refractivity contribution in [1.82, 2.24) is 15.0 Å². The van der Waals surface area contributed by atoms with E-state index in [4.69, 9.17) is 5.73 Å². The molecule has 1 aromatic heterocycles. The second kappa shape index (κ2) is 4.14. The lowest BCUT2D eigenvalue weighted by Crippen LogP contribution is -2.02. The molecule has 90 valence electrons. The molecule has 0 saturated carbocycles. The molecule has 2 N–H and O–H groups in total. The van der Waals surface area contributed by atoms with Gasteiger partial charge in [0.15, 0.2) is 5.82 Å². The number of benzene rings is 2. The summed E-state index contributed by atoms with van der Waals surface area (Å²) in [6.45, 7) is 2.05. The van der Waals surface area contributed by atoms with Gasteiger partial charge >= 0.3 is 0 Å². The van der Waals surface area contributed by atoms with Crippen molar-refractivity contribution >= 4 is 16.6 Å². The molecule has 2 aromatic carbocycles. The van der Waals surface area contributed by atoms with Crippen LogP contribution in [0, 0.1) is 0 Å². The predicted molar refractivity (Wildman–Crippen MR) is 72.7 cm³/mol. The van der Waals surface area contributed by atoms with Crippen LogP contribution in [0.1, 0.15) is 12.6 Å². The molecule has 0 saturated heterocycles. The molecule has 0 aliphatic carbocycles. The van der Waals surface area contributed by atoms with Crippen LogP contribution >= 0.6 is 0 Å². The third-order valence-corrected chi connectivity index (χ3v) is 3.11. The normalized spacial score (nSPS) is 10.9. The highest BCUT2D eigenvalue weighted by atomic mass is 15.4. The molecular formula is C14H14N4. The van der Waals surface area contributed by atoms with Crippen LogP contribution in [0.25, 0.3) is 16.5 Å². The molecule has 18 heavy (non-hydrogen) atoms. The molecular weight excluding hydrogens is 224 g/mol. The zero-order chi connectivity index (χ0) is 12.5. The van der Waals surface area contributed by atoms with Gasteiger partial charge in [-0.15, -0.1) is 5.10 Å². The number of hydrogen-bond acceptors (Lipinski definition) is 3. The molecule has 0 fully saturated rings. The minimum Gasteiger partial charge on any atom is -0.381 e. The highest BCUT2D eigenvalue weighted by Gasteiger charge is 2.09. The Balaban J connectivity index is 2.19. The number of hydrogen-bond donors (Lipinski definition) is 1. The summed E-state index contributed by atoms with van der Waals surface area (Å²) in [5.41, 5.74) is 7.75. The molecule has 0 aliphatic heterocycles. The molecule has 0 spiro atoms. The lowest BCUT2D eigenvalue weighted by Gasteiger charge is -2.06. The summed E-state index contributed by atoms with van der Waals surface area (Å²) >= 11 is 0. The van der Waals surface area contributed by atoms with Crippen LogP contribution in [0.3, 0.4) is 0 Å². The van der Waals surface area contributed by atoms with Gasteiger partial charge in [0.25, 0.3) is 0 Å². The van der Waals surface area contributed by atoms with E-state index >= 15 is 0 Å². The van der Waals surface area contributed by atoms with E-state index in [0.717, 1.165) is 17.8 Å². The molecule has 0 bridgehead atoms. The quantitative estimate of drug-likeness (QED) is 0.746. The molecule has 0 atom stereocenters. The van der Waals surface area contributed by atoms with Crippen LogP contribution < -0.4 is 5.73 Å². The van der Waals surface area contributed by atoms with Crippen molar-refractivity contribution < 1.29 is 0 Å². The first-order chi connectivity index (χ1) is 8.79. The molecule has 4 nitrogen and oxygen atoms in total. The summed E-state index contributed by atoms with van der Waals surface area (Å²) in [4.78, 5) is 0. The number of fused-ring (bicyclic) bond motifs is 1. The van der Waals surface area contributed by atoms with E-state index in [-0.39, 0.29) is 0 Å². The van der Waals surface area contributed by atoms with Crippen molar-refractivity contribution in [3.63, 3.8) is 0 Å². The summed E-state index contributed by atoms with van der Waals surface area (Å²) in [5, 5.41) is 10.4. The van der Waals surface area contributed by atoms with Crippen LogP contribution in [0.5, 0.6) is 0 Å². The molecule has 1 heterocycles. The van der Waals surface area contributed by atoms with Gasteiger partial charge in [-0.25, -0.2) is 4.68 Å². The maximum atomic E-state index is 5.81. The van der Waals surface area contributed by atoms with E-state index in [2.05, 4.69) is 34.6 Å². The van der Waals surface area contributed by atoms with Gasteiger partial charge in [-0.2, -0.15) is 0 Å².